The van der Waals surface area contributed by atoms with Gasteiger partial charge in [-0.2, -0.15) is 5.10 Å². The van der Waals surface area contributed by atoms with Crippen LogP contribution >= 0.6 is 0 Å². The summed E-state index contributed by atoms with van der Waals surface area (Å²) in [5, 5.41) is 7.86. The minimum Gasteiger partial charge on any atom is -0.398 e. The number of rotatable bonds is 4. The molecule has 0 amide bonds. The molecule has 1 heterocycles. The van der Waals surface area contributed by atoms with Crippen LogP contribution in [0.4, 0.5) is 11.4 Å². The monoisotopic (exact) mass is 244 g/mol. The predicted molar refractivity (Wildman–Crippen MR) is 75.5 cm³/mol. The minimum absolute atomic E-state index is 0.779. The fourth-order valence-electron chi connectivity index (χ4n) is 2.06. The van der Waals surface area contributed by atoms with E-state index in [9.17, 15) is 0 Å². The van der Waals surface area contributed by atoms with E-state index < -0.39 is 0 Å². The summed E-state index contributed by atoms with van der Waals surface area (Å²) in [5.74, 6) is 0. The lowest BCUT2D eigenvalue weighted by molar-refractivity contribution is 0.746. The number of nitrogens with zero attached hydrogens (tertiary/aromatic N) is 2. The number of hydrogen-bond donors (Lipinski definition) is 2. The maximum Gasteiger partial charge on any atom is 0.0671 e. The van der Waals surface area contributed by atoms with Crippen molar-refractivity contribution in [3.05, 3.63) is 41.2 Å². The smallest absolute Gasteiger partial charge is 0.0671 e. The molecule has 0 fully saturated rings. The second-order valence-electron chi connectivity index (χ2n) is 4.50. The molecule has 4 heteroatoms. The van der Waals surface area contributed by atoms with Crippen LogP contribution in [-0.2, 0) is 20.0 Å². The summed E-state index contributed by atoms with van der Waals surface area (Å²) in [6.07, 6.45) is 3.02. The molecule has 0 aliphatic carbocycles. The van der Waals surface area contributed by atoms with Crippen molar-refractivity contribution in [2.45, 2.75) is 26.8 Å². The summed E-state index contributed by atoms with van der Waals surface area (Å²) in [7, 11) is 1.95. The van der Waals surface area contributed by atoms with Crippen LogP contribution in [0.1, 0.15) is 23.7 Å². The van der Waals surface area contributed by atoms with Crippen molar-refractivity contribution in [3.63, 3.8) is 0 Å². The average Bonchev–Trinajstić information content (AvgIpc) is 2.71. The number of hydrogen-bond acceptors (Lipinski definition) is 3. The Morgan fingerprint density at radius 2 is 2.17 bits per heavy atom. The van der Waals surface area contributed by atoms with Crippen LogP contribution in [0.15, 0.2) is 24.4 Å². The molecular weight excluding hydrogens is 224 g/mol. The van der Waals surface area contributed by atoms with Gasteiger partial charge < -0.3 is 11.1 Å². The quantitative estimate of drug-likeness (QED) is 0.812. The zero-order valence-corrected chi connectivity index (χ0v) is 11.2. The highest BCUT2D eigenvalue weighted by Gasteiger charge is 2.06. The van der Waals surface area contributed by atoms with Crippen molar-refractivity contribution in [1.82, 2.24) is 9.78 Å². The Balaban J connectivity index is 2.13. The van der Waals surface area contributed by atoms with E-state index in [4.69, 9.17) is 5.73 Å². The molecule has 2 aromatic rings. The molecule has 4 nitrogen and oxygen atoms in total. The van der Waals surface area contributed by atoms with Gasteiger partial charge in [0.05, 0.1) is 5.69 Å². The van der Waals surface area contributed by atoms with Gasteiger partial charge in [0, 0.05) is 36.7 Å². The second kappa shape index (κ2) is 5.12. The van der Waals surface area contributed by atoms with Gasteiger partial charge in [0.25, 0.3) is 0 Å². The Morgan fingerprint density at radius 3 is 2.89 bits per heavy atom. The van der Waals surface area contributed by atoms with Gasteiger partial charge in [-0.25, -0.2) is 0 Å². The molecule has 0 aliphatic heterocycles. The summed E-state index contributed by atoms with van der Waals surface area (Å²) < 4.78 is 1.86. The van der Waals surface area contributed by atoms with Crippen molar-refractivity contribution >= 4 is 11.4 Å². The summed E-state index contributed by atoms with van der Waals surface area (Å²) in [6, 6.07) is 5.93. The molecule has 1 aromatic carbocycles. The van der Waals surface area contributed by atoms with E-state index in [-0.39, 0.29) is 0 Å². The molecule has 3 N–H and O–H groups in total. The fraction of sp³-hybridized carbons (Fsp3) is 0.357. The molecule has 2 rings (SSSR count). The number of aryl methyl sites for hydroxylation is 2. The average molecular weight is 244 g/mol. The summed E-state index contributed by atoms with van der Waals surface area (Å²) >= 11 is 0. The topological polar surface area (TPSA) is 55.9 Å². The van der Waals surface area contributed by atoms with Crippen LogP contribution in [0.25, 0.3) is 0 Å². The first-order valence-electron chi connectivity index (χ1n) is 6.22. The van der Waals surface area contributed by atoms with Gasteiger partial charge in [-0.3, -0.25) is 4.68 Å². The Hall–Kier alpha value is -1.97. The van der Waals surface area contributed by atoms with Crippen molar-refractivity contribution < 1.29 is 0 Å². The second-order valence-corrected chi connectivity index (χ2v) is 4.50. The number of nitrogens with two attached hydrogens (primary N) is 1. The Morgan fingerprint density at radius 1 is 1.39 bits per heavy atom. The molecule has 0 atom stereocenters. The SMILES string of the molecule is CCc1nn(C)cc1CNc1cccc(N)c1C. The third-order valence-electron chi connectivity index (χ3n) is 3.17. The van der Waals surface area contributed by atoms with Gasteiger partial charge in [0.2, 0.25) is 0 Å². The first kappa shape index (κ1) is 12.5. The maximum absolute atomic E-state index is 5.89. The molecule has 0 bridgehead atoms. The molecule has 0 aliphatic rings. The molecule has 0 unspecified atom stereocenters. The molecule has 0 radical (unpaired) electrons. The highest BCUT2D eigenvalue weighted by molar-refractivity contribution is 5.62. The Bertz CT molecular complexity index is 543. The third kappa shape index (κ3) is 2.47. The van der Waals surface area contributed by atoms with Gasteiger partial charge in [-0.05, 0) is 31.0 Å². The summed E-state index contributed by atoms with van der Waals surface area (Å²) in [4.78, 5) is 0. The molecule has 0 saturated carbocycles. The highest BCUT2D eigenvalue weighted by Crippen LogP contribution is 2.21. The molecule has 0 saturated heterocycles. The molecule has 1 aromatic heterocycles. The van der Waals surface area contributed by atoms with Gasteiger partial charge in [-0.1, -0.05) is 13.0 Å². The van der Waals surface area contributed by atoms with E-state index >= 15 is 0 Å². The van der Waals surface area contributed by atoms with E-state index in [0.29, 0.717) is 0 Å². The number of benzene rings is 1. The maximum atomic E-state index is 5.89. The fourth-order valence-corrected chi connectivity index (χ4v) is 2.06. The van der Waals surface area contributed by atoms with E-state index in [1.807, 2.05) is 36.9 Å². The Kier molecular flexibility index (Phi) is 3.55. The van der Waals surface area contributed by atoms with Crippen molar-refractivity contribution in [3.8, 4) is 0 Å². The van der Waals surface area contributed by atoms with Gasteiger partial charge in [0.1, 0.15) is 0 Å². The number of nitrogens with one attached hydrogen (secondary N) is 1. The zero-order valence-electron chi connectivity index (χ0n) is 11.2. The summed E-state index contributed by atoms with van der Waals surface area (Å²) in [6.45, 7) is 4.93. The largest absolute Gasteiger partial charge is 0.398 e. The van der Waals surface area contributed by atoms with Gasteiger partial charge >= 0.3 is 0 Å². The van der Waals surface area contributed by atoms with Gasteiger partial charge in [-0.15, -0.1) is 0 Å². The minimum atomic E-state index is 0.779. The summed E-state index contributed by atoms with van der Waals surface area (Å²) in [5.41, 5.74) is 11.3. The van der Waals surface area contributed by atoms with E-state index in [1.165, 1.54) is 5.56 Å². The van der Waals surface area contributed by atoms with Crippen LogP contribution in [0.3, 0.4) is 0 Å². The third-order valence-corrected chi connectivity index (χ3v) is 3.17. The van der Waals surface area contributed by atoms with Gasteiger partial charge in [0.15, 0.2) is 0 Å². The lowest BCUT2D eigenvalue weighted by atomic mass is 10.1. The molecule has 18 heavy (non-hydrogen) atoms. The highest BCUT2D eigenvalue weighted by atomic mass is 15.3. The lowest BCUT2D eigenvalue weighted by Crippen LogP contribution is -2.03. The molecular formula is C14H20N4. The first-order chi connectivity index (χ1) is 8.61. The van der Waals surface area contributed by atoms with Crippen molar-refractivity contribution in [2.75, 3.05) is 11.1 Å². The van der Waals surface area contributed by atoms with Crippen molar-refractivity contribution in [1.29, 1.82) is 0 Å². The van der Waals surface area contributed by atoms with Crippen LogP contribution in [-0.4, -0.2) is 9.78 Å². The normalized spacial score (nSPS) is 10.6. The van der Waals surface area contributed by atoms with Crippen LogP contribution in [0.2, 0.25) is 0 Å². The lowest BCUT2D eigenvalue weighted by Gasteiger charge is -2.10. The Labute approximate surface area is 108 Å². The first-order valence-corrected chi connectivity index (χ1v) is 6.22. The van der Waals surface area contributed by atoms with E-state index in [1.54, 1.807) is 0 Å². The van der Waals surface area contributed by atoms with Crippen molar-refractivity contribution in [2.24, 2.45) is 7.05 Å². The van der Waals surface area contributed by atoms with Crippen LogP contribution in [0, 0.1) is 6.92 Å². The predicted octanol–water partition coefficient (Wildman–Crippen LogP) is 2.49. The number of aromatic nitrogens is 2. The van der Waals surface area contributed by atoms with Crippen LogP contribution < -0.4 is 11.1 Å². The van der Waals surface area contributed by atoms with E-state index in [2.05, 4.69) is 23.5 Å². The van der Waals surface area contributed by atoms with E-state index in [0.717, 1.165) is 35.6 Å². The molecule has 0 spiro atoms. The number of anilines is 2. The van der Waals surface area contributed by atoms with Crippen LogP contribution in [0.5, 0.6) is 0 Å². The number of nitrogen functional groups attached to an aromatic ring is 1. The standard InChI is InChI=1S/C14H20N4/c1-4-13-11(9-18(3)17-13)8-16-14-7-5-6-12(15)10(14)2/h5-7,9,16H,4,8,15H2,1-3H3. The zero-order chi connectivity index (χ0) is 13.1. The molecule has 96 valence electrons.